The van der Waals surface area contributed by atoms with Crippen LogP contribution in [0.5, 0.6) is 34.5 Å². The third kappa shape index (κ3) is 25.0. The summed E-state index contributed by atoms with van der Waals surface area (Å²) in [5.41, 5.74) is 11.2. The number of hydrogen-bond acceptors (Lipinski definition) is 23. The van der Waals surface area contributed by atoms with E-state index < -0.39 is 0 Å². The van der Waals surface area contributed by atoms with Crippen molar-refractivity contribution in [3.8, 4) is 68.9 Å². The SMILES string of the molecule is C.Cc1ccc(-c2nc(C(=O)NCc3cn(Cc4cccc(Oc5ccccc5)c4)nn3)co2)cc1.O=C(NCc1cn(Cc2cccc(Oc3ccccc3)c2)nn1)c1coc(-c2ccccc2)n1.O=C(NCc1cn(Cc2cccc(Oc3ccccc3)c2)nn1)c1cocn1.O=C(NCc1cn(Cc2ccccc2)nn1)c1coc(-c2ccccc2)n1. The second-order valence-corrected chi connectivity index (χ2v) is 27.6. The molecule has 18 rings (SSSR count). The highest BCUT2D eigenvalue weighted by atomic mass is 16.5. The number of para-hydroxylation sites is 3. The van der Waals surface area contributed by atoms with E-state index in [1.54, 1.807) is 37.3 Å². The van der Waals surface area contributed by atoms with Gasteiger partial charge in [-0.15, -0.1) is 20.4 Å². The van der Waals surface area contributed by atoms with Crippen molar-refractivity contribution in [2.24, 2.45) is 0 Å². The quantitative estimate of drug-likeness (QED) is 0.0338. The van der Waals surface area contributed by atoms with Gasteiger partial charge in [-0.05, 0) is 138 Å². The fourth-order valence-corrected chi connectivity index (χ4v) is 12.1. The summed E-state index contributed by atoms with van der Waals surface area (Å²) in [4.78, 5) is 65.7. The number of aromatic nitrogens is 16. The maximum absolute atomic E-state index is 12.5. The molecular weight excluding hydrogens is 1590 g/mol. The summed E-state index contributed by atoms with van der Waals surface area (Å²) >= 11 is 0. The van der Waals surface area contributed by atoms with Crippen molar-refractivity contribution in [1.82, 2.24) is 101 Å². The number of aryl methyl sites for hydroxylation is 1. The molecule has 18 aromatic rings. The lowest BCUT2D eigenvalue weighted by molar-refractivity contribution is 0.0937. The highest BCUT2D eigenvalue weighted by Gasteiger charge is 2.19. The molecule has 8 heterocycles. The molecule has 8 aromatic heterocycles. The summed E-state index contributed by atoms with van der Waals surface area (Å²) in [6, 6.07) is 88.9. The van der Waals surface area contributed by atoms with Crippen molar-refractivity contribution >= 4 is 23.6 Å². The number of nitrogens with one attached hydrogen (secondary N) is 4. The van der Waals surface area contributed by atoms with Gasteiger partial charge in [0, 0.05) is 16.7 Å². The Morgan fingerprint density at radius 1 is 0.312 bits per heavy atom. The summed E-state index contributed by atoms with van der Waals surface area (Å²) < 4.78 is 45.6. The summed E-state index contributed by atoms with van der Waals surface area (Å²) in [7, 11) is 0. The van der Waals surface area contributed by atoms with E-state index in [9.17, 15) is 19.2 Å². The van der Waals surface area contributed by atoms with Crippen LogP contribution in [-0.4, -0.2) is 104 Å². The molecule has 31 nitrogen and oxygen atoms in total. The maximum atomic E-state index is 12.5. The largest absolute Gasteiger partial charge is 0.457 e. The maximum Gasteiger partial charge on any atom is 0.273 e. The average Bonchev–Trinajstić information content (AvgIpc) is 1.74. The third-order valence-electron chi connectivity index (χ3n) is 18.1. The lowest BCUT2D eigenvalue weighted by atomic mass is 10.1. The van der Waals surface area contributed by atoms with Crippen LogP contribution in [-0.2, 0) is 52.4 Å². The normalized spacial score (nSPS) is 10.6. The van der Waals surface area contributed by atoms with Gasteiger partial charge in [0.15, 0.2) is 29.2 Å². The van der Waals surface area contributed by atoms with Gasteiger partial charge in [-0.2, -0.15) is 0 Å². The zero-order chi connectivity index (χ0) is 84.9. The zero-order valence-corrected chi connectivity index (χ0v) is 66.6. The first-order chi connectivity index (χ1) is 60.9. The van der Waals surface area contributed by atoms with Crippen LogP contribution in [0.25, 0.3) is 34.4 Å². The molecule has 4 N–H and O–H groups in total. The van der Waals surface area contributed by atoms with Crippen molar-refractivity contribution in [3.63, 3.8) is 0 Å². The first-order valence-corrected chi connectivity index (χ1v) is 39.0. The van der Waals surface area contributed by atoms with E-state index in [0.717, 1.165) is 79.0 Å². The van der Waals surface area contributed by atoms with Crippen molar-refractivity contribution in [3.05, 3.63) is 409 Å². The Kier molecular flexibility index (Phi) is 28.7. The van der Waals surface area contributed by atoms with E-state index in [2.05, 4.69) is 82.5 Å². The van der Waals surface area contributed by atoms with E-state index in [1.807, 2.05) is 292 Å². The number of rotatable bonds is 29. The second kappa shape index (κ2) is 42.5. The Labute approximate surface area is 716 Å². The Morgan fingerprint density at radius 3 is 0.912 bits per heavy atom. The van der Waals surface area contributed by atoms with Gasteiger partial charge in [0.2, 0.25) is 17.7 Å². The molecule has 0 bridgehead atoms. The molecule has 624 valence electrons. The number of hydrogen-bond donors (Lipinski definition) is 4. The van der Waals surface area contributed by atoms with E-state index in [4.69, 9.17) is 31.9 Å². The number of carbonyl (C=O) groups is 4. The smallest absolute Gasteiger partial charge is 0.273 e. The lowest BCUT2D eigenvalue weighted by Crippen LogP contribution is -2.23. The number of oxazole rings is 4. The molecule has 0 aliphatic rings. The summed E-state index contributed by atoms with van der Waals surface area (Å²) in [5.74, 6) is 4.48. The number of nitrogens with zero attached hydrogens (tertiary/aromatic N) is 16. The molecule has 0 saturated carbocycles. The monoisotopic (exact) mass is 1670 g/mol. The van der Waals surface area contributed by atoms with Gasteiger partial charge in [-0.25, -0.2) is 38.7 Å². The first-order valence-electron chi connectivity index (χ1n) is 39.0. The standard InChI is InChI=1S/C27H23N5O3.C26H21N5O3.C20H17N5O3.C20H17N5O2.CH4/c1-19-10-12-21(13-11-19)27-29-25(18-34-27)26(33)28-15-22-17-32(31-30-22)16-20-6-5-9-24(14-20)35-23-7-3-2-4-8-23;32-25(24-18-33-26(28-24)20-9-3-1-4-10-20)27-15-21-17-31(30-29-21)16-19-8-7-13-23(14-19)34-22-11-5-2-6-12-22;26-20(19-13-27-14-22-19)21-10-16-12-25(24-23-16)11-15-5-4-8-18(9-15)28-17-6-2-1-3-7-17;26-19(18-14-27-20(22-18)16-9-5-2-6-10-16)21-11-17-13-25(24-23-17)12-15-7-3-1-4-8-15;/h2-14,17-18H,15-16H2,1H3,(H,28,33);1-14,17-18H,15-16H2,(H,27,32);1-9,12-14H,10-11H2,(H,21,26);1-10,13-14H,11-12H2,(H,21,26);1H4. The van der Waals surface area contributed by atoms with Gasteiger partial charge in [0.1, 0.15) is 82.3 Å². The number of benzene rings is 10. The van der Waals surface area contributed by atoms with Crippen LogP contribution in [0, 0.1) is 6.92 Å². The average molecular weight is 1670 g/mol. The van der Waals surface area contributed by atoms with E-state index >= 15 is 0 Å². The minimum absolute atomic E-state index is 0. The van der Waals surface area contributed by atoms with Crippen molar-refractivity contribution < 1.29 is 51.1 Å². The predicted molar refractivity (Wildman–Crippen MR) is 460 cm³/mol. The van der Waals surface area contributed by atoms with Crippen LogP contribution in [0.1, 0.15) is 100.0 Å². The van der Waals surface area contributed by atoms with E-state index in [-0.39, 0.29) is 80.0 Å². The van der Waals surface area contributed by atoms with Gasteiger partial charge in [0.05, 0.1) is 77.1 Å². The fraction of sp³-hybridized carbons (Fsp3) is 0.106. The predicted octanol–water partition coefficient (Wildman–Crippen LogP) is 16.3. The molecule has 0 atom stereocenters. The number of carbonyl (C=O) groups excluding carboxylic acids is 4. The van der Waals surface area contributed by atoms with Gasteiger partial charge in [-0.3, -0.25) is 19.2 Å². The molecule has 0 radical (unpaired) electrons. The molecule has 0 spiro atoms. The fourth-order valence-electron chi connectivity index (χ4n) is 12.1. The molecular formula is C94H82N20O11. The molecule has 4 amide bonds. The highest BCUT2D eigenvalue weighted by molar-refractivity contribution is 5.94. The van der Waals surface area contributed by atoms with Gasteiger partial charge in [0.25, 0.3) is 23.6 Å². The molecule has 0 saturated heterocycles. The minimum atomic E-state index is -0.341. The minimum Gasteiger partial charge on any atom is -0.457 e. The van der Waals surface area contributed by atoms with Crippen LogP contribution >= 0.6 is 0 Å². The molecule has 0 aliphatic carbocycles. The van der Waals surface area contributed by atoms with Gasteiger partial charge in [-0.1, -0.05) is 204 Å². The number of amides is 4. The molecule has 0 unspecified atom stereocenters. The van der Waals surface area contributed by atoms with Crippen molar-refractivity contribution in [1.29, 1.82) is 0 Å². The molecule has 31 heteroatoms. The molecule has 10 aromatic carbocycles. The second-order valence-electron chi connectivity index (χ2n) is 27.6. The van der Waals surface area contributed by atoms with Gasteiger partial charge >= 0.3 is 0 Å². The van der Waals surface area contributed by atoms with Crippen LogP contribution in [0.4, 0.5) is 0 Å². The van der Waals surface area contributed by atoms with E-state index in [1.165, 1.54) is 31.4 Å². The molecule has 125 heavy (non-hydrogen) atoms. The van der Waals surface area contributed by atoms with Crippen molar-refractivity contribution in [2.75, 3.05) is 0 Å². The zero-order valence-electron chi connectivity index (χ0n) is 66.6. The first kappa shape index (κ1) is 84.3. The lowest BCUT2D eigenvalue weighted by Gasteiger charge is -2.07. The third-order valence-corrected chi connectivity index (χ3v) is 18.1. The van der Waals surface area contributed by atoms with E-state index in [0.29, 0.717) is 66.6 Å². The number of ether oxygens (including phenoxy) is 3. The van der Waals surface area contributed by atoms with Crippen LogP contribution in [0.2, 0.25) is 0 Å². The Hall–Kier alpha value is -17.1. The van der Waals surface area contributed by atoms with Gasteiger partial charge < -0.3 is 53.1 Å². The van der Waals surface area contributed by atoms with Crippen LogP contribution in [0.15, 0.2) is 353 Å². The Morgan fingerprint density at radius 2 is 0.592 bits per heavy atom. The molecule has 0 fully saturated rings. The summed E-state index contributed by atoms with van der Waals surface area (Å²) in [6.07, 6.45) is 13.7. The van der Waals surface area contributed by atoms with Crippen molar-refractivity contribution in [2.45, 2.75) is 66.7 Å². The topological polar surface area (TPSA) is 371 Å². The van der Waals surface area contributed by atoms with Crippen LogP contribution < -0.4 is 35.5 Å². The van der Waals surface area contributed by atoms with Crippen LogP contribution in [0.3, 0.4) is 0 Å². The summed E-state index contributed by atoms with van der Waals surface area (Å²) in [6.45, 7) is 5.19. The summed E-state index contributed by atoms with van der Waals surface area (Å²) in [5, 5.41) is 44.1. The highest BCUT2D eigenvalue weighted by Crippen LogP contribution is 2.28. The Bertz CT molecular complexity index is 6420. The molecule has 0 aliphatic heterocycles. The Balaban J connectivity index is 0.000000136.